The average molecular weight is 138 g/mol. The van der Waals surface area contributed by atoms with Gasteiger partial charge in [0.1, 0.15) is 18.4 Å². The van der Waals surface area contributed by atoms with Gasteiger partial charge in [0.2, 0.25) is 0 Å². The lowest BCUT2D eigenvalue weighted by atomic mass is 10.5. The zero-order chi connectivity index (χ0) is 7.56. The molecule has 0 bridgehead atoms. The summed E-state index contributed by atoms with van der Waals surface area (Å²) in [6.45, 7) is 4.15. The number of cyclic esters (lactones) is 1. The Balaban J connectivity index is 2.66. The van der Waals surface area contributed by atoms with E-state index in [0.29, 0.717) is 13.2 Å². The van der Waals surface area contributed by atoms with E-state index >= 15 is 0 Å². The third-order valence-corrected chi connectivity index (χ3v) is 1.22. The Morgan fingerprint density at radius 3 is 3.00 bits per heavy atom. The number of nitrogens with zero attached hydrogens (tertiary/aromatic N) is 2. The first-order chi connectivity index (χ1) is 4.75. The SMILES string of the molecule is C=C(C#N)N1CCOC1=O. The summed E-state index contributed by atoms with van der Waals surface area (Å²) in [5.74, 6) is 0. The number of carbonyl (C=O) groups is 1. The van der Waals surface area contributed by atoms with Crippen molar-refractivity contribution in [2.24, 2.45) is 0 Å². The van der Waals surface area contributed by atoms with Crippen LogP contribution in [0.15, 0.2) is 12.3 Å². The molecule has 1 saturated heterocycles. The van der Waals surface area contributed by atoms with Gasteiger partial charge in [-0.1, -0.05) is 6.58 Å². The van der Waals surface area contributed by atoms with Crippen molar-refractivity contribution in [1.82, 2.24) is 4.90 Å². The second kappa shape index (κ2) is 2.40. The topological polar surface area (TPSA) is 53.3 Å². The number of carbonyl (C=O) groups excluding carboxylic acids is 1. The Morgan fingerprint density at radius 1 is 1.90 bits per heavy atom. The lowest BCUT2D eigenvalue weighted by Gasteiger charge is -2.07. The Bertz CT molecular complexity index is 216. The van der Waals surface area contributed by atoms with Crippen LogP contribution in [0.1, 0.15) is 0 Å². The summed E-state index contributed by atoms with van der Waals surface area (Å²) in [5.41, 5.74) is 0.141. The van der Waals surface area contributed by atoms with Crippen LogP contribution in [-0.4, -0.2) is 24.1 Å². The van der Waals surface area contributed by atoms with Crippen LogP contribution in [0.3, 0.4) is 0 Å². The van der Waals surface area contributed by atoms with Crippen LogP contribution in [0.2, 0.25) is 0 Å². The van der Waals surface area contributed by atoms with Crippen molar-refractivity contribution in [2.75, 3.05) is 13.2 Å². The van der Waals surface area contributed by atoms with Crippen molar-refractivity contribution in [3.63, 3.8) is 0 Å². The van der Waals surface area contributed by atoms with E-state index in [1.807, 2.05) is 0 Å². The van der Waals surface area contributed by atoms with E-state index in [-0.39, 0.29) is 5.70 Å². The molecule has 1 amide bonds. The fourth-order valence-corrected chi connectivity index (χ4v) is 0.699. The smallest absolute Gasteiger partial charge is 0.415 e. The van der Waals surface area contributed by atoms with Gasteiger partial charge in [0, 0.05) is 0 Å². The summed E-state index contributed by atoms with van der Waals surface area (Å²) in [7, 11) is 0. The molecule has 1 fully saturated rings. The van der Waals surface area contributed by atoms with Gasteiger partial charge >= 0.3 is 6.09 Å². The zero-order valence-corrected chi connectivity index (χ0v) is 5.33. The molecular weight excluding hydrogens is 132 g/mol. The highest BCUT2D eigenvalue weighted by atomic mass is 16.6. The maximum absolute atomic E-state index is 10.7. The molecule has 0 aromatic rings. The maximum Gasteiger partial charge on any atom is 0.415 e. The van der Waals surface area contributed by atoms with E-state index in [1.165, 1.54) is 4.90 Å². The molecule has 1 rings (SSSR count). The van der Waals surface area contributed by atoms with Gasteiger partial charge in [-0.25, -0.2) is 4.79 Å². The van der Waals surface area contributed by atoms with E-state index in [0.717, 1.165) is 0 Å². The third-order valence-electron chi connectivity index (χ3n) is 1.22. The van der Waals surface area contributed by atoms with Crippen LogP contribution in [0.25, 0.3) is 0 Å². The second-order valence-electron chi connectivity index (χ2n) is 1.82. The fourth-order valence-electron chi connectivity index (χ4n) is 0.699. The zero-order valence-electron chi connectivity index (χ0n) is 5.33. The molecule has 0 unspecified atom stereocenters. The van der Waals surface area contributed by atoms with Gasteiger partial charge in [-0.3, -0.25) is 4.90 Å². The molecule has 0 N–H and O–H groups in total. The molecule has 4 heteroatoms. The summed E-state index contributed by atoms with van der Waals surface area (Å²) in [6, 6.07) is 1.77. The molecule has 0 aromatic carbocycles. The van der Waals surface area contributed by atoms with Crippen LogP contribution in [-0.2, 0) is 4.74 Å². The first-order valence-corrected chi connectivity index (χ1v) is 2.79. The van der Waals surface area contributed by atoms with Crippen LogP contribution in [0.4, 0.5) is 4.79 Å². The van der Waals surface area contributed by atoms with E-state index in [4.69, 9.17) is 5.26 Å². The number of allylic oxidation sites excluding steroid dienone is 1. The number of amides is 1. The summed E-state index contributed by atoms with van der Waals surface area (Å²) in [4.78, 5) is 11.9. The number of nitriles is 1. The van der Waals surface area contributed by atoms with Crippen LogP contribution in [0.5, 0.6) is 0 Å². The number of hydrogen-bond donors (Lipinski definition) is 0. The Hall–Kier alpha value is -1.50. The Kier molecular flexibility index (Phi) is 1.59. The monoisotopic (exact) mass is 138 g/mol. The minimum atomic E-state index is -0.480. The second-order valence-corrected chi connectivity index (χ2v) is 1.82. The minimum absolute atomic E-state index is 0.141. The minimum Gasteiger partial charge on any atom is -0.447 e. The first-order valence-electron chi connectivity index (χ1n) is 2.79. The van der Waals surface area contributed by atoms with Gasteiger partial charge in [0.15, 0.2) is 0 Å². The predicted octanol–water partition coefficient (Wildman–Crippen LogP) is 0.476. The average Bonchev–Trinajstić information content (AvgIpc) is 2.34. The molecule has 10 heavy (non-hydrogen) atoms. The number of ether oxygens (including phenoxy) is 1. The molecule has 0 radical (unpaired) electrons. The maximum atomic E-state index is 10.7. The normalized spacial score (nSPS) is 16.3. The predicted molar refractivity (Wildman–Crippen MR) is 32.8 cm³/mol. The van der Waals surface area contributed by atoms with Gasteiger partial charge in [0.25, 0.3) is 0 Å². The summed E-state index contributed by atoms with van der Waals surface area (Å²) in [5, 5.41) is 8.31. The van der Waals surface area contributed by atoms with Crippen molar-refractivity contribution in [3.05, 3.63) is 12.3 Å². The molecule has 52 valence electrons. The van der Waals surface area contributed by atoms with E-state index in [9.17, 15) is 4.79 Å². The van der Waals surface area contributed by atoms with Crippen molar-refractivity contribution < 1.29 is 9.53 Å². The molecule has 0 atom stereocenters. The molecule has 4 nitrogen and oxygen atoms in total. The van der Waals surface area contributed by atoms with E-state index < -0.39 is 6.09 Å². The van der Waals surface area contributed by atoms with Crippen molar-refractivity contribution in [3.8, 4) is 6.07 Å². The van der Waals surface area contributed by atoms with E-state index in [2.05, 4.69) is 11.3 Å². The summed E-state index contributed by atoms with van der Waals surface area (Å²) >= 11 is 0. The van der Waals surface area contributed by atoms with Crippen molar-refractivity contribution >= 4 is 6.09 Å². The Labute approximate surface area is 58.3 Å². The van der Waals surface area contributed by atoms with E-state index in [1.54, 1.807) is 6.07 Å². The van der Waals surface area contributed by atoms with Crippen molar-refractivity contribution in [2.45, 2.75) is 0 Å². The number of hydrogen-bond acceptors (Lipinski definition) is 3. The molecule has 0 aliphatic carbocycles. The lowest BCUT2D eigenvalue weighted by molar-refractivity contribution is 0.165. The molecule has 1 aliphatic heterocycles. The highest BCUT2D eigenvalue weighted by molar-refractivity contribution is 5.72. The van der Waals surface area contributed by atoms with Gasteiger partial charge in [-0.15, -0.1) is 0 Å². The van der Waals surface area contributed by atoms with Gasteiger partial charge in [0.05, 0.1) is 6.54 Å². The standard InChI is InChI=1S/C6H6N2O2/c1-5(4-7)8-2-3-10-6(8)9/h1-3H2. The molecule has 1 aliphatic rings. The lowest BCUT2D eigenvalue weighted by Crippen LogP contribution is -2.21. The molecular formula is C6H6N2O2. The largest absolute Gasteiger partial charge is 0.447 e. The van der Waals surface area contributed by atoms with Crippen LogP contribution >= 0.6 is 0 Å². The van der Waals surface area contributed by atoms with Gasteiger partial charge in [-0.2, -0.15) is 5.26 Å². The first kappa shape index (κ1) is 6.62. The van der Waals surface area contributed by atoms with Gasteiger partial charge in [-0.05, 0) is 0 Å². The molecule has 0 spiro atoms. The quantitative estimate of drug-likeness (QED) is 0.495. The fraction of sp³-hybridized carbons (Fsp3) is 0.333. The summed E-state index contributed by atoms with van der Waals surface area (Å²) < 4.78 is 4.56. The highest BCUT2D eigenvalue weighted by Gasteiger charge is 2.23. The summed E-state index contributed by atoms with van der Waals surface area (Å²) in [6.07, 6.45) is -0.480. The van der Waals surface area contributed by atoms with Crippen LogP contribution < -0.4 is 0 Å². The molecule has 1 heterocycles. The van der Waals surface area contributed by atoms with Crippen molar-refractivity contribution in [1.29, 1.82) is 5.26 Å². The number of rotatable bonds is 1. The highest BCUT2D eigenvalue weighted by Crippen LogP contribution is 2.08. The molecule has 0 saturated carbocycles. The molecule has 0 aromatic heterocycles. The third kappa shape index (κ3) is 0.935. The Morgan fingerprint density at radius 2 is 2.60 bits per heavy atom. The van der Waals surface area contributed by atoms with Crippen LogP contribution in [0, 0.1) is 11.3 Å². The van der Waals surface area contributed by atoms with Gasteiger partial charge < -0.3 is 4.74 Å².